The van der Waals surface area contributed by atoms with Crippen molar-refractivity contribution in [3.8, 4) is 69.0 Å². The van der Waals surface area contributed by atoms with Gasteiger partial charge in [0, 0.05) is 32.5 Å². The first-order chi connectivity index (χ1) is 49.9. The minimum atomic E-state index is -0.330. The Bertz CT molecular complexity index is 4430. The van der Waals surface area contributed by atoms with Crippen LogP contribution in [0.3, 0.4) is 0 Å². The Morgan fingerprint density at radius 3 is 0.279 bits per heavy atom. The van der Waals surface area contributed by atoms with Gasteiger partial charge in [0.15, 0.2) is 57.5 Å². The van der Waals surface area contributed by atoms with Crippen molar-refractivity contribution in [1.82, 2.24) is 0 Å². The van der Waals surface area contributed by atoms with Crippen LogP contribution in [-0.2, 0) is 32.5 Å². The van der Waals surface area contributed by atoms with Gasteiger partial charge in [-0.25, -0.2) is 0 Å². The van der Waals surface area contributed by atoms with Gasteiger partial charge in [-0.1, -0.05) is 229 Å². The SMILES string of the molecule is COc1ccc(C(C)(C)c2ccc(OOc3ccc(C(C)(C)c4ccc(OOc5ccc(C(C)(C)c6ccc(OOc7ccc(C(C)(C)c8ccc(OOc9ccc(C(C)(C)c%10ccc(OOc%11ccc(C(C)(C)c%12ccc(OC)cc%12)cc%11)cc%10)cc9)cc8)cc7)cc6)cc5)cc4)cc3)cc2)cc1. The van der Waals surface area contributed by atoms with E-state index in [2.05, 4.69) is 229 Å². The van der Waals surface area contributed by atoms with Gasteiger partial charge in [-0.05, 0) is 212 Å². The van der Waals surface area contributed by atoms with Gasteiger partial charge < -0.3 is 9.47 Å². The number of rotatable bonds is 29. The van der Waals surface area contributed by atoms with Crippen LogP contribution < -0.4 is 58.3 Å². The van der Waals surface area contributed by atoms with Crippen molar-refractivity contribution in [2.75, 3.05) is 14.2 Å². The van der Waals surface area contributed by atoms with Crippen molar-refractivity contribution >= 4 is 0 Å². The molecule has 0 aliphatic carbocycles. The lowest BCUT2D eigenvalue weighted by atomic mass is 9.78. The van der Waals surface area contributed by atoms with Crippen LogP contribution in [0.15, 0.2) is 291 Å². The molecule has 0 atom stereocenters. The van der Waals surface area contributed by atoms with Crippen LogP contribution >= 0.6 is 0 Å². The van der Waals surface area contributed by atoms with E-state index in [4.69, 9.17) is 58.3 Å². The van der Waals surface area contributed by atoms with Crippen molar-refractivity contribution < 1.29 is 58.3 Å². The summed E-state index contributed by atoms with van der Waals surface area (Å²) < 4.78 is 10.7. The monoisotopic (exact) mass is 1390 g/mol. The standard InChI is InChI=1S/C92H90O12/c1-87(2,63-15-39-75(93-13)40-16-63)65-19-43-77(44-20-65)95-97-79-47-23-67(24-48-79)89(5,6)69-27-51-81(52-28-69)99-101-83-55-31-71(32-56-83)91(9,10)73-35-59-85(60-36-73)103-104-86-61-37-74(38-62-86)92(11,12)72-33-57-84(58-34-72)102-100-82-53-29-70(30-54-82)90(7,8)68-25-49-80(50-26-68)98-96-78-45-21-66(22-46-78)88(3,4)64-17-41-76(94-14)42-18-64/h15-62H,1-14H3. The van der Waals surface area contributed by atoms with Crippen LogP contribution in [0.25, 0.3) is 0 Å². The molecule has 530 valence electrons. The molecule has 0 radical (unpaired) electrons. The van der Waals surface area contributed by atoms with Crippen LogP contribution in [-0.4, -0.2) is 14.2 Å². The molecule has 0 aliphatic heterocycles. The molecular formula is C92H90O12. The van der Waals surface area contributed by atoms with Crippen molar-refractivity contribution in [3.63, 3.8) is 0 Å². The van der Waals surface area contributed by atoms with Gasteiger partial charge in [0.2, 0.25) is 0 Å². The number of methoxy groups -OCH3 is 2. The number of hydrogen-bond acceptors (Lipinski definition) is 12. The fourth-order valence-electron chi connectivity index (χ4n) is 12.8. The highest BCUT2D eigenvalue weighted by atomic mass is 17.2. The molecule has 0 aliphatic rings. The van der Waals surface area contributed by atoms with Gasteiger partial charge in [0.25, 0.3) is 0 Å². The Balaban J connectivity index is 0.556. The highest BCUT2D eigenvalue weighted by molar-refractivity contribution is 5.49. The summed E-state index contributed by atoms with van der Waals surface area (Å²) in [6.45, 7) is 26.3. The number of benzene rings is 12. The van der Waals surface area contributed by atoms with E-state index in [1.807, 2.05) is 146 Å². The van der Waals surface area contributed by atoms with E-state index in [-0.39, 0.29) is 32.5 Å². The van der Waals surface area contributed by atoms with Crippen LogP contribution in [0.1, 0.15) is 150 Å². The lowest BCUT2D eigenvalue weighted by Crippen LogP contribution is -2.19. The summed E-state index contributed by atoms with van der Waals surface area (Å²) in [6.07, 6.45) is 0. The Kier molecular flexibility index (Phi) is 21.1. The zero-order valence-electron chi connectivity index (χ0n) is 61.6. The molecule has 0 unspecified atom stereocenters. The normalized spacial score (nSPS) is 11.9. The van der Waals surface area contributed by atoms with Crippen molar-refractivity contribution in [2.24, 2.45) is 0 Å². The summed E-state index contributed by atoms with van der Waals surface area (Å²) in [5.74, 6) is 7.59. The molecule has 0 saturated heterocycles. The van der Waals surface area contributed by atoms with Crippen molar-refractivity contribution in [3.05, 3.63) is 358 Å². The first-order valence-corrected chi connectivity index (χ1v) is 35.0. The number of hydrogen-bond donors (Lipinski definition) is 0. The summed E-state index contributed by atoms with van der Waals surface area (Å²) in [6, 6.07) is 95.9. The van der Waals surface area contributed by atoms with Gasteiger partial charge in [0.05, 0.1) is 14.2 Å². The third kappa shape index (κ3) is 16.4. The van der Waals surface area contributed by atoms with Crippen LogP contribution in [0, 0.1) is 0 Å². The quantitative estimate of drug-likeness (QED) is 0.0329. The number of ether oxygens (including phenoxy) is 2. The van der Waals surface area contributed by atoms with E-state index in [1.165, 1.54) is 11.1 Å². The van der Waals surface area contributed by atoms with Gasteiger partial charge in [-0.15, -0.1) is 0 Å². The van der Waals surface area contributed by atoms with Gasteiger partial charge in [-0.3, -0.25) is 48.9 Å². The molecule has 12 aromatic carbocycles. The fourth-order valence-corrected chi connectivity index (χ4v) is 12.8. The second kappa shape index (κ2) is 30.4. The van der Waals surface area contributed by atoms with Gasteiger partial charge in [-0.2, -0.15) is 0 Å². The molecule has 12 aromatic rings. The van der Waals surface area contributed by atoms with E-state index in [0.29, 0.717) is 57.5 Å². The van der Waals surface area contributed by atoms with E-state index in [0.717, 1.165) is 67.1 Å². The lowest BCUT2D eigenvalue weighted by molar-refractivity contribution is -0.1000. The largest absolute Gasteiger partial charge is 0.497 e. The van der Waals surface area contributed by atoms with Crippen LogP contribution in [0.2, 0.25) is 0 Å². The summed E-state index contributed by atoms with van der Waals surface area (Å²) in [7, 11) is 3.35. The molecule has 0 N–H and O–H groups in total. The minimum Gasteiger partial charge on any atom is -0.497 e. The summed E-state index contributed by atoms with van der Waals surface area (Å²) in [4.78, 5) is 57.8. The van der Waals surface area contributed by atoms with Crippen molar-refractivity contribution in [2.45, 2.75) is 116 Å². The van der Waals surface area contributed by atoms with E-state index in [1.54, 1.807) is 14.2 Å². The minimum absolute atomic E-state index is 0.203. The van der Waals surface area contributed by atoms with E-state index in [9.17, 15) is 0 Å². The molecule has 0 aromatic heterocycles. The molecule has 12 heteroatoms. The molecular weight excluding hydrogens is 1300 g/mol. The zero-order valence-corrected chi connectivity index (χ0v) is 61.6. The third-order valence-corrected chi connectivity index (χ3v) is 20.6. The second-order valence-electron chi connectivity index (χ2n) is 29.3. The Morgan fingerprint density at radius 2 is 0.202 bits per heavy atom. The highest BCUT2D eigenvalue weighted by Crippen LogP contribution is 2.41. The zero-order chi connectivity index (χ0) is 73.3. The molecule has 0 amide bonds. The van der Waals surface area contributed by atoms with Crippen molar-refractivity contribution in [1.29, 1.82) is 0 Å². The average Bonchev–Trinajstić information content (AvgIpc) is 0.827. The van der Waals surface area contributed by atoms with Crippen LogP contribution in [0.4, 0.5) is 0 Å². The predicted molar refractivity (Wildman–Crippen MR) is 409 cm³/mol. The fraction of sp³-hybridized carbons (Fsp3) is 0.217. The second-order valence-corrected chi connectivity index (χ2v) is 29.3. The van der Waals surface area contributed by atoms with Gasteiger partial charge in [0.1, 0.15) is 11.5 Å². The molecule has 12 rings (SSSR count). The topological polar surface area (TPSA) is 111 Å². The third-order valence-electron chi connectivity index (χ3n) is 20.6. The smallest absolute Gasteiger partial charge is 0.178 e. The summed E-state index contributed by atoms with van der Waals surface area (Å²) in [5, 5.41) is 0. The maximum atomic E-state index is 5.81. The Hall–Kier alpha value is -11.8. The maximum absolute atomic E-state index is 5.81. The molecule has 0 saturated carbocycles. The average molecular weight is 1390 g/mol. The Labute approximate surface area is 611 Å². The molecule has 0 bridgehead atoms. The van der Waals surface area contributed by atoms with Gasteiger partial charge >= 0.3 is 0 Å². The van der Waals surface area contributed by atoms with E-state index >= 15 is 0 Å². The predicted octanol–water partition coefficient (Wildman–Crippen LogP) is 22.5. The maximum Gasteiger partial charge on any atom is 0.178 e. The highest BCUT2D eigenvalue weighted by Gasteiger charge is 2.30. The molecule has 0 heterocycles. The molecule has 0 spiro atoms. The molecule has 12 nitrogen and oxygen atoms in total. The van der Waals surface area contributed by atoms with E-state index < -0.39 is 0 Å². The summed E-state index contributed by atoms with van der Waals surface area (Å²) >= 11 is 0. The van der Waals surface area contributed by atoms with Crippen LogP contribution in [0.5, 0.6) is 69.0 Å². The first kappa shape index (κ1) is 72.0. The lowest BCUT2D eigenvalue weighted by Gasteiger charge is -2.27. The first-order valence-electron chi connectivity index (χ1n) is 35.0. The summed E-state index contributed by atoms with van der Waals surface area (Å²) in [5.41, 5.74) is 11.9. The Morgan fingerprint density at radius 1 is 0.125 bits per heavy atom. The molecule has 104 heavy (non-hydrogen) atoms. The molecule has 0 fully saturated rings.